The van der Waals surface area contributed by atoms with Crippen LogP contribution in [0.2, 0.25) is 0 Å². The Morgan fingerprint density at radius 2 is 0.825 bits per heavy atom. The monoisotopic (exact) mass is 561 g/mol. The molecule has 0 saturated heterocycles. The molecule has 1 aromatic heterocycles. The predicted octanol–water partition coefficient (Wildman–Crippen LogP) is 7.09. The van der Waals surface area contributed by atoms with E-state index in [1.165, 1.54) is 67.8 Å². The van der Waals surface area contributed by atoms with Crippen molar-refractivity contribution in [2.45, 2.75) is 19.6 Å². The molecule has 2 aliphatic rings. The second kappa shape index (κ2) is 8.52. The third-order valence-corrected chi connectivity index (χ3v) is 16.5. The summed E-state index contributed by atoms with van der Waals surface area (Å²) in [6.07, 6.45) is 0. The van der Waals surface area contributed by atoms with Gasteiger partial charge in [0.25, 0.3) is 0 Å². The first-order chi connectivity index (χ1) is 19.8. The fourth-order valence-corrected chi connectivity index (χ4v) is 16.1. The SMILES string of the molecule is c1ccc2c(c1)Sc1ccccc1[Si]21c2ccccc2Sc2ccc(-n3c4ccccc4c4ccccc43)cc21. The Morgan fingerprint density at radius 1 is 0.400 bits per heavy atom. The van der Waals surface area contributed by atoms with E-state index in [1.54, 1.807) is 0 Å². The molecule has 40 heavy (non-hydrogen) atoms. The summed E-state index contributed by atoms with van der Waals surface area (Å²) in [5.41, 5.74) is 3.74. The van der Waals surface area contributed by atoms with E-state index in [0.717, 1.165) is 0 Å². The number of benzene rings is 6. The molecular weight excluding hydrogens is 539 g/mol. The second-order valence-electron chi connectivity index (χ2n) is 10.5. The van der Waals surface area contributed by atoms with Crippen LogP contribution in [0.5, 0.6) is 0 Å². The van der Waals surface area contributed by atoms with Gasteiger partial charge in [-0.3, -0.25) is 0 Å². The summed E-state index contributed by atoms with van der Waals surface area (Å²) >= 11 is 3.86. The molecule has 1 spiro atoms. The van der Waals surface area contributed by atoms with Crippen molar-refractivity contribution < 1.29 is 0 Å². The van der Waals surface area contributed by atoms with Crippen LogP contribution >= 0.6 is 23.5 Å². The number of aromatic nitrogens is 1. The minimum atomic E-state index is -2.59. The van der Waals surface area contributed by atoms with Gasteiger partial charge in [0, 0.05) is 36.0 Å². The number of rotatable bonds is 1. The molecule has 0 aliphatic carbocycles. The molecule has 188 valence electrons. The van der Waals surface area contributed by atoms with Gasteiger partial charge >= 0.3 is 0 Å². The number of para-hydroxylation sites is 2. The van der Waals surface area contributed by atoms with E-state index in [9.17, 15) is 0 Å². The maximum absolute atomic E-state index is 2.59. The minimum absolute atomic E-state index is 1.23. The van der Waals surface area contributed by atoms with Crippen LogP contribution in [0, 0.1) is 0 Å². The van der Waals surface area contributed by atoms with Gasteiger partial charge in [0.1, 0.15) is 0 Å². The Labute approximate surface area is 242 Å². The lowest BCUT2D eigenvalue weighted by atomic mass is 10.2. The van der Waals surface area contributed by atoms with Crippen molar-refractivity contribution in [1.29, 1.82) is 0 Å². The molecule has 0 unspecified atom stereocenters. The number of fused-ring (bicyclic) bond motifs is 11. The van der Waals surface area contributed by atoms with Crippen molar-refractivity contribution >= 4 is 74.2 Å². The van der Waals surface area contributed by atoms with E-state index in [0.29, 0.717) is 0 Å². The number of hydrogen-bond donors (Lipinski definition) is 0. The van der Waals surface area contributed by atoms with Crippen LogP contribution in [0.3, 0.4) is 0 Å². The van der Waals surface area contributed by atoms with Gasteiger partial charge in [-0.2, -0.15) is 0 Å². The standard InChI is InChI=1S/C36H23NS2Si/c1-3-13-27-25(11-1)26-12-2-4-14-28(26)37(27)24-21-22-32-36(23-24)40(35-20-10-7-17-31(35)39-32)33-18-8-5-15-29(33)38-30-16-6-9-19-34(30)40/h1-23H. The van der Waals surface area contributed by atoms with Crippen LogP contribution in [0.15, 0.2) is 159 Å². The minimum Gasteiger partial charge on any atom is -0.309 e. The molecule has 0 N–H and O–H groups in total. The molecule has 0 amide bonds. The predicted molar refractivity (Wildman–Crippen MR) is 173 cm³/mol. The van der Waals surface area contributed by atoms with E-state index in [2.05, 4.69) is 144 Å². The van der Waals surface area contributed by atoms with Crippen LogP contribution in [-0.4, -0.2) is 12.6 Å². The molecule has 0 fully saturated rings. The first-order valence-electron chi connectivity index (χ1n) is 13.6. The molecular formula is C36H23NS2Si. The summed E-state index contributed by atoms with van der Waals surface area (Å²) in [4.78, 5) is 5.56. The van der Waals surface area contributed by atoms with Gasteiger partial charge in [-0.1, -0.05) is 115 Å². The summed E-state index contributed by atoms with van der Waals surface area (Å²) < 4.78 is 2.47. The Balaban J connectivity index is 1.43. The number of nitrogens with zero attached hydrogens (tertiary/aromatic N) is 1. The zero-order chi connectivity index (χ0) is 26.3. The van der Waals surface area contributed by atoms with Crippen molar-refractivity contribution in [2.24, 2.45) is 0 Å². The zero-order valence-corrected chi connectivity index (χ0v) is 24.2. The van der Waals surface area contributed by atoms with Gasteiger partial charge in [-0.15, -0.1) is 0 Å². The van der Waals surface area contributed by atoms with Gasteiger partial charge in [0.05, 0.1) is 11.0 Å². The van der Waals surface area contributed by atoms with Crippen molar-refractivity contribution in [3.05, 3.63) is 140 Å². The van der Waals surface area contributed by atoms with Gasteiger partial charge < -0.3 is 4.57 Å². The lowest BCUT2D eigenvalue weighted by Gasteiger charge is -2.43. The van der Waals surface area contributed by atoms with Gasteiger partial charge in [-0.05, 0) is 69.3 Å². The second-order valence-corrected chi connectivity index (χ2v) is 16.3. The third-order valence-electron chi connectivity index (χ3n) is 8.52. The van der Waals surface area contributed by atoms with Crippen LogP contribution in [0.25, 0.3) is 27.5 Å². The molecule has 1 nitrogen and oxygen atoms in total. The summed E-state index contributed by atoms with van der Waals surface area (Å²) in [5.74, 6) is 0. The highest BCUT2D eigenvalue weighted by atomic mass is 32.2. The molecule has 2 aliphatic heterocycles. The average Bonchev–Trinajstić information content (AvgIpc) is 3.35. The van der Waals surface area contributed by atoms with Crippen molar-refractivity contribution in [3.8, 4) is 5.69 Å². The first kappa shape index (κ1) is 22.8. The van der Waals surface area contributed by atoms with E-state index in [4.69, 9.17) is 0 Å². The van der Waals surface area contributed by atoms with E-state index in [-0.39, 0.29) is 0 Å². The fourth-order valence-electron chi connectivity index (χ4n) is 6.94. The molecule has 4 heteroatoms. The molecule has 7 aromatic rings. The van der Waals surface area contributed by atoms with Gasteiger partial charge in [0.2, 0.25) is 0 Å². The zero-order valence-electron chi connectivity index (χ0n) is 21.5. The number of hydrogen-bond acceptors (Lipinski definition) is 2. The average molecular weight is 562 g/mol. The molecule has 3 heterocycles. The van der Waals surface area contributed by atoms with E-state index >= 15 is 0 Å². The molecule has 6 aromatic carbocycles. The lowest BCUT2D eigenvalue weighted by molar-refractivity contribution is 1.17. The van der Waals surface area contributed by atoms with E-state index < -0.39 is 8.07 Å². The smallest absolute Gasteiger partial charge is 0.184 e. The summed E-state index contributed by atoms with van der Waals surface area (Å²) in [5, 5.41) is 8.61. The summed E-state index contributed by atoms with van der Waals surface area (Å²) in [6.45, 7) is 0. The third kappa shape index (κ3) is 2.96. The summed E-state index contributed by atoms with van der Waals surface area (Å²) in [7, 11) is -2.59. The Kier molecular flexibility index (Phi) is 4.86. The Hall–Kier alpha value is -3.96. The molecule has 0 radical (unpaired) electrons. The maximum atomic E-state index is 2.53. The molecule has 0 atom stereocenters. The van der Waals surface area contributed by atoms with Crippen molar-refractivity contribution in [2.75, 3.05) is 0 Å². The van der Waals surface area contributed by atoms with Crippen molar-refractivity contribution in [3.63, 3.8) is 0 Å². The van der Waals surface area contributed by atoms with Gasteiger partial charge in [0.15, 0.2) is 8.07 Å². The molecule has 0 saturated carbocycles. The highest BCUT2D eigenvalue weighted by molar-refractivity contribution is 8.01. The highest BCUT2D eigenvalue weighted by Crippen LogP contribution is 2.40. The Morgan fingerprint density at radius 3 is 1.35 bits per heavy atom. The highest BCUT2D eigenvalue weighted by Gasteiger charge is 2.51. The topological polar surface area (TPSA) is 4.93 Å². The van der Waals surface area contributed by atoms with E-state index in [1.807, 2.05) is 23.5 Å². The van der Waals surface area contributed by atoms with Crippen LogP contribution in [-0.2, 0) is 0 Å². The van der Waals surface area contributed by atoms with Crippen LogP contribution < -0.4 is 20.7 Å². The van der Waals surface area contributed by atoms with Gasteiger partial charge in [-0.25, -0.2) is 0 Å². The molecule has 9 rings (SSSR count). The fraction of sp³-hybridized carbons (Fsp3) is 0. The van der Waals surface area contributed by atoms with Crippen molar-refractivity contribution in [1.82, 2.24) is 4.57 Å². The molecule has 0 bridgehead atoms. The normalized spacial score (nSPS) is 14.5. The Bertz CT molecular complexity index is 1990. The lowest BCUT2D eigenvalue weighted by Crippen LogP contribution is -2.78. The quantitative estimate of drug-likeness (QED) is 0.197. The van der Waals surface area contributed by atoms with Crippen LogP contribution in [0.4, 0.5) is 0 Å². The van der Waals surface area contributed by atoms with Crippen LogP contribution in [0.1, 0.15) is 0 Å². The maximum Gasteiger partial charge on any atom is 0.184 e. The first-order valence-corrected chi connectivity index (χ1v) is 17.2. The summed E-state index contributed by atoms with van der Waals surface area (Å²) in [6, 6.07) is 52.4. The largest absolute Gasteiger partial charge is 0.309 e.